The molecule has 0 spiro atoms. The molecule has 0 radical (unpaired) electrons. The number of ether oxygens (including phenoxy) is 1. The molecule has 0 saturated heterocycles. The van der Waals surface area contributed by atoms with Crippen molar-refractivity contribution in [3.05, 3.63) is 0 Å². The van der Waals surface area contributed by atoms with E-state index < -0.39 is 17.4 Å². The predicted molar refractivity (Wildman–Crippen MR) is 73.4 cm³/mol. The molecule has 0 rings (SSSR count). The smallest absolute Gasteiger partial charge is 0.404 e. The lowest BCUT2D eigenvalue weighted by atomic mass is 9.96. The van der Waals surface area contributed by atoms with Crippen molar-refractivity contribution in [2.24, 2.45) is 5.41 Å². The maximum Gasteiger partial charge on any atom is 0.404 e. The molecule has 122 valence electrons. The standard InChI is InChI=1S/C12H23N3O6/c1-12(2,3)10(17)15-21-8-9(16)13-4-6-20-7-5-14-11(18)19/h14H,4-8H2,1-3H3,(H,13,16)(H,15,17)(H,18,19). The SMILES string of the molecule is CC(C)(C)C(=O)NOCC(=O)NCCOCCNC(=O)O. The van der Waals surface area contributed by atoms with Crippen molar-refractivity contribution in [1.29, 1.82) is 0 Å². The van der Waals surface area contributed by atoms with Crippen LogP contribution in [0.2, 0.25) is 0 Å². The third-order valence-corrected chi connectivity index (χ3v) is 2.14. The molecule has 3 amide bonds. The van der Waals surface area contributed by atoms with Crippen LogP contribution in [-0.4, -0.2) is 55.9 Å². The second-order valence-electron chi connectivity index (χ2n) is 5.16. The molecule has 0 aromatic rings. The minimum absolute atomic E-state index is 0.186. The average molecular weight is 305 g/mol. The molecular weight excluding hydrogens is 282 g/mol. The summed E-state index contributed by atoms with van der Waals surface area (Å²) < 4.78 is 5.07. The van der Waals surface area contributed by atoms with Crippen LogP contribution in [0, 0.1) is 5.41 Å². The Balaban J connectivity index is 3.47. The topological polar surface area (TPSA) is 126 Å². The summed E-state index contributed by atoms with van der Waals surface area (Å²) in [6, 6.07) is 0. The highest BCUT2D eigenvalue weighted by molar-refractivity contribution is 5.81. The summed E-state index contributed by atoms with van der Waals surface area (Å²) in [5.74, 6) is -0.707. The quantitative estimate of drug-likeness (QED) is 0.335. The highest BCUT2D eigenvalue weighted by Gasteiger charge is 2.21. The van der Waals surface area contributed by atoms with Gasteiger partial charge in [0.2, 0.25) is 11.8 Å². The van der Waals surface area contributed by atoms with Crippen LogP contribution in [0.1, 0.15) is 20.8 Å². The largest absolute Gasteiger partial charge is 0.465 e. The van der Waals surface area contributed by atoms with E-state index in [2.05, 4.69) is 16.1 Å². The number of carbonyl (C=O) groups excluding carboxylic acids is 2. The van der Waals surface area contributed by atoms with Gasteiger partial charge in [0.25, 0.3) is 0 Å². The van der Waals surface area contributed by atoms with Crippen LogP contribution in [0.4, 0.5) is 4.79 Å². The van der Waals surface area contributed by atoms with E-state index in [1.165, 1.54) is 0 Å². The Morgan fingerprint density at radius 3 is 2.14 bits per heavy atom. The number of nitrogens with one attached hydrogen (secondary N) is 3. The van der Waals surface area contributed by atoms with Crippen molar-refractivity contribution in [3.8, 4) is 0 Å². The van der Waals surface area contributed by atoms with Crippen LogP contribution in [0.25, 0.3) is 0 Å². The van der Waals surface area contributed by atoms with Crippen molar-refractivity contribution in [1.82, 2.24) is 16.1 Å². The van der Waals surface area contributed by atoms with Gasteiger partial charge in [-0.3, -0.25) is 14.4 Å². The lowest BCUT2D eigenvalue weighted by Gasteiger charge is -2.16. The fourth-order valence-electron chi connectivity index (χ4n) is 0.966. The second-order valence-corrected chi connectivity index (χ2v) is 5.16. The summed E-state index contributed by atoms with van der Waals surface area (Å²) >= 11 is 0. The van der Waals surface area contributed by atoms with E-state index in [1.54, 1.807) is 20.8 Å². The van der Waals surface area contributed by atoms with Gasteiger partial charge in [0.15, 0.2) is 6.61 Å². The van der Waals surface area contributed by atoms with Gasteiger partial charge >= 0.3 is 6.09 Å². The van der Waals surface area contributed by atoms with Gasteiger partial charge in [-0.15, -0.1) is 0 Å². The lowest BCUT2D eigenvalue weighted by molar-refractivity contribution is -0.145. The molecule has 0 saturated carbocycles. The third kappa shape index (κ3) is 11.6. The van der Waals surface area contributed by atoms with Gasteiger partial charge in [-0.2, -0.15) is 0 Å². The van der Waals surface area contributed by atoms with E-state index in [0.717, 1.165) is 0 Å². The van der Waals surface area contributed by atoms with Crippen LogP contribution < -0.4 is 16.1 Å². The number of rotatable bonds is 9. The van der Waals surface area contributed by atoms with Crippen molar-refractivity contribution in [3.63, 3.8) is 0 Å². The molecule has 9 nitrogen and oxygen atoms in total. The van der Waals surface area contributed by atoms with Crippen LogP contribution in [0.5, 0.6) is 0 Å². The van der Waals surface area contributed by atoms with Gasteiger partial charge in [0.1, 0.15) is 0 Å². The molecule has 0 aromatic heterocycles. The monoisotopic (exact) mass is 305 g/mol. The molecule has 0 atom stereocenters. The number of amides is 3. The summed E-state index contributed by atoms with van der Waals surface area (Å²) in [4.78, 5) is 37.6. The van der Waals surface area contributed by atoms with Crippen LogP contribution in [0.15, 0.2) is 0 Å². The maximum absolute atomic E-state index is 11.4. The molecule has 0 heterocycles. The van der Waals surface area contributed by atoms with Gasteiger partial charge in [0.05, 0.1) is 13.2 Å². The van der Waals surface area contributed by atoms with Crippen LogP contribution in [-0.2, 0) is 19.2 Å². The first kappa shape index (κ1) is 19.1. The number of hydrogen-bond donors (Lipinski definition) is 4. The zero-order chi connectivity index (χ0) is 16.3. The van der Waals surface area contributed by atoms with E-state index in [-0.39, 0.29) is 38.8 Å². The van der Waals surface area contributed by atoms with E-state index in [0.29, 0.717) is 0 Å². The predicted octanol–water partition coefficient (Wildman–Crippen LogP) is -0.519. The molecule has 0 unspecified atom stereocenters. The summed E-state index contributed by atoms with van der Waals surface area (Å²) in [6.45, 7) is 5.81. The summed E-state index contributed by atoms with van der Waals surface area (Å²) in [6.07, 6.45) is -1.11. The fraction of sp³-hybridized carbons (Fsp3) is 0.750. The molecule has 0 aliphatic carbocycles. The summed E-state index contributed by atoms with van der Waals surface area (Å²) in [7, 11) is 0. The van der Waals surface area contributed by atoms with Crippen LogP contribution >= 0.6 is 0 Å². The molecule has 0 bridgehead atoms. The van der Waals surface area contributed by atoms with Crippen molar-refractivity contribution >= 4 is 17.9 Å². The molecule has 0 aliphatic heterocycles. The fourth-order valence-corrected chi connectivity index (χ4v) is 0.966. The number of carbonyl (C=O) groups is 3. The van der Waals surface area contributed by atoms with Gasteiger partial charge in [-0.1, -0.05) is 20.8 Å². The van der Waals surface area contributed by atoms with Crippen molar-refractivity contribution in [2.75, 3.05) is 32.9 Å². The second kappa shape index (κ2) is 9.94. The number of hydrogen-bond acceptors (Lipinski definition) is 5. The van der Waals surface area contributed by atoms with E-state index in [1.807, 2.05) is 0 Å². The Hall–Kier alpha value is -1.87. The van der Waals surface area contributed by atoms with Gasteiger partial charge < -0.3 is 20.5 Å². The zero-order valence-corrected chi connectivity index (χ0v) is 12.5. The maximum atomic E-state index is 11.4. The van der Waals surface area contributed by atoms with Gasteiger partial charge in [0, 0.05) is 18.5 Å². The molecule has 0 aromatic carbocycles. The highest BCUT2D eigenvalue weighted by Crippen LogP contribution is 2.11. The molecule has 4 N–H and O–H groups in total. The number of carboxylic acid groups (broad SMARTS) is 1. The lowest BCUT2D eigenvalue weighted by Crippen LogP contribution is -2.38. The minimum atomic E-state index is -1.11. The first-order valence-electron chi connectivity index (χ1n) is 6.47. The van der Waals surface area contributed by atoms with E-state index in [4.69, 9.17) is 14.7 Å². The Morgan fingerprint density at radius 2 is 1.62 bits per heavy atom. The Morgan fingerprint density at radius 1 is 1.05 bits per heavy atom. The number of hydroxylamine groups is 1. The first-order valence-corrected chi connectivity index (χ1v) is 6.47. The Bertz CT molecular complexity index is 353. The first-order chi connectivity index (χ1) is 9.73. The van der Waals surface area contributed by atoms with Gasteiger partial charge in [-0.05, 0) is 0 Å². The molecule has 0 aliphatic rings. The molecular formula is C12H23N3O6. The molecule has 9 heteroatoms. The molecule has 21 heavy (non-hydrogen) atoms. The normalized spacial score (nSPS) is 10.8. The average Bonchev–Trinajstić information content (AvgIpc) is 2.36. The summed E-state index contributed by atoms with van der Waals surface area (Å²) in [5, 5.41) is 13.0. The zero-order valence-electron chi connectivity index (χ0n) is 12.5. The van der Waals surface area contributed by atoms with E-state index >= 15 is 0 Å². The van der Waals surface area contributed by atoms with Crippen molar-refractivity contribution in [2.45, 2.75) is 20.8 Å². The Labute approximate surface area is 123 Å². The van der Waals surface area contributed by atoms with E-state index in [9.17, 15) is 14.4 Å². The van der Waals surface area contributed by atoms with Crippen LogP contribution in [0.3, 0.4) is 0 Å². The minimum Gasteiger partial charge on any atom is -0.465 e. The molecule has 0 fully saturated rings. The van der Waals surface area contributed by atoms with Crippen molar-refractivity contribution < 1.29 is 29.1 Å². The Kier molecular flexibility index (Phi) is 9.06. The highest BCUT2D eigenvalue weighted by atomic mass is 16.7. The van der Waals surface area contributed by atoms with Gasteiger partial charge in [-0.25, -0.2) is 10.3 Å². The third-order valence-electron chi connectivity index (χ3n) is 2.14. The summed E-state index contributed by atoms with van der Waals surface area (Å²) in [5.41, 5.74) is 1.60.